The van der Waals surface area contributed by atoms with E-state index in [9.17, 15) is 14.0 Å². The van der Waals surface area contributed by atoms with Crippen LogP contribution in [0.5, 0.6) is 0 Å². The number of piperazine rings is 1. The Hall–Kier alpha value is -3.50. The van der Waals surface area contributed by atoms with Crippen LogP contribution in [0.1, 0.15) is 31.2 Å². The molecule has 1 unspecified atom stereocenters. The number of nitrogens with zero attached hydrogens (tertiary/aromatic N) is 4. The molecular weight excluding hydrogens is 483 g/mol. The molecule has 188 valence electrons. The maximum absolute atomic E-state index is 13.7. The topological polar surface area (TPSA) is 80.3 Å². The van der Waals surface area contributed by atoms with Gasteiger partial charge in [0, 0.05) is 38.3 Å². The summed E-state index contributed by atoms with van der Waals surface area (Å²) in [6.07, 6.45) is 1.70. The fraction of sp³-hybridized carbons (Fsp3) is 0.346. The van der Waals surface area contributed by atoms with E-state index in [0.717, 1.165) is 32.1 Å². The van der Waals surface area contributed by atoms with Crippen LogP contribution in [0.2, 0.25) is 0 Å². The zero-order chi connectivity index (χ0) is 25.4. The van der Waals surface area contributed by atoms with Crippen LogP contribution in [-0.4, -0.2) is 55.3 Å². The van der Waals surface area contributed by atoms with Gasteiger partial charge in [0.25, 0.3) is 5.56 Å². The minimum absolute atomic E-state index is 0.185. The van der Waals surface area contributed by atoms with E-state index in [1.807, 2.05) is 12.1 Å². The van der Waals surface area contributed by atoms with Crippen LogP contribution in [0.3, 0.4) is 0 Å². The molecule has 2 aliphatic heterocycles. The molecular formula is C26H27FN4O4S. The number of hydrogen-bond donors (Lipinski definition) is 0. The van der Waals surface area contributed by atoms with Crippen LogP contribution < -0.4 is 19.8 Å². The number of rotatable bonds is 5. The number of likely N-dealkylation sites (N-methyl/N-ethyl adjacent to an activating group) is 1. The van der Waals surface area contributed by atoms with Gasteiger partial charge in [0.05, 0.1) is 28.5 Å². The summed E-state index contributed by atoms with van der Waals surface area (Å²) in [4.78, 5) is 36.0. The second-order valence-electron chi connectivity index (χ2n) is 8.82. The van der Waals surface area contributed by atoms with Gasteiger partial charge >= 0.3 is 5.97 Å². The van der Waals surface area contributed by atoms with E-state index >= 15 is 0 Å². The molecule has 2 aliphatic rings. The summed E-state index contributed by atoms with van der Waals surface area (Å²) in [5.41, 5.74) is 1.01. The molecule has 4 heterocycles. The van der Waals surface area contributed by atoms with Gasteiger partial charge in [-0.2, -0.15) is 0 Å². The Morgan fingerprint density at radius 3 is 2.61 bits per heavy atom. The lowest BCUT2D eigenvalue weighted by Crippen LogP contribution is -2.44. The summed E-state index contributed by atoms with van der Waals surface area (Å²) in [6, 6.07) is 8.75. The molecule has 3 aromatic rings. The second-order valence-corrected chi connectivity index (χ2v) is 9.83. The predicted octanol–water partition coefficient (Wildman–Crippen LogP) is 2.28. The van der Waals surface area contributed by atoms with Crippen molar-refractivity contribution in [1.82, 2.24) is 9.47 Å². The largest absolute Gasteiger partial charge is 0.463 e. The number of carbonyl (C=O) groups is 1. The van der Waals surface area contributed by atoms with Crippen molar-refractivity contribution in [2.24, 2.45) is 4.99 Å². The third kappa shape index (κ3) is 4.54. The minimum Gasteiger partial charge on any atom is -0.463 e. The van der Waals surface area contributed by atoms with E-state index in [-0.39, 0.29) is 17.7 Å². The number of fused-ring (bicyclic) bond motifs is 1. The van der Waals surface area contributed by atoms with E-state index in [0.29, 0.717) is 26.4 Å². The highest BCUT2D eigenvalue weighted by Crippen LogP contribution is 2.30. The Labute approximate surface area is 211 Å². The SMILES string of the molecule is CCOC(=O)C1=C(C)N=c2sc(=Cc3ccc(N4CCN(C)CC4)o3)c(=O)n2C1c1ccc(F)cc1. The van der Waals surface area contributed by atoms with Gasteiger partial charge in [0.2, 0.25) is 0 Å². The number of ether oxygens (including phenoxy) is 1. The molecule has 0 spiro atoms. The Kier molecular flexibility index (Phi) is 6.63. The Balaban J connectivity index is 1.58. The standard InChI is InChI=1S/C26H27FN4O4S/c1-4-34-25(33)22-16(2)28-26-31(23(22)17-5-7-18(27)8-6-17)24(32)20(36-26)15-19-9-10-21(35-19)30-13-11-29(3)12-14-30/h5-10,15,23H,4,11-14H2,1-3H3. The second kappa shape index (κ2) is 9.87. The van der Waals surface area contributed by atoms with Gasteiger partial charge in [0.15, 0.2) is 10.7 Å². The van der Waals surface area contributed by atoms with Crippen molar-refractivity contribution < 1.29 is 18.3 Å². The first kappa shape index (κ1) is 24.2. The number of thiazole rings is 1. The average Bonchev–Trinajstić information content (AvgIpc) is 3.44. The van der Waals surface area contributed by atoms with Gasteiger partial charge in [-0.05, 0) is 44.7 Å². The number of halogens is 1. The summed E-state index contributed by atoms with van der Waals surface area (Å²) in [6.45, 7) is 7.29. The molecule has 0 aliphatic carbocycles. The molecule has 1 atom stereocenters. The first-order chi connectivity index (χ1) is 17.4. The molecule has 1 fully saturated rings. The molecule has 10 heteroatoms. The maximum atomic E-state index is 13.7. The molecule has 2 aromatic heterocycles. The van der Waals surface area contributed by atoms with Crippen LogP contribution in [0.25, 0.3) is 6.08 Å². The fourth-order valence-electron chi connectivity index (χ4n) is 4.50. The predicted molar refractivity (Wildman–Crippen MR) is 135 cm³/mol. The molecule has 0 bridgehead atoms. The Morgan fingerprint density at radius 1 is 1.19 bits per heavy atom. The van der Waals surface area contributed by atoms with Gasteiger partial charge in [0.1, 0.15) is 11.6 Å². The van der Waals surface area contributed by atoms with Crippen LogP contribution in [0.4, 0.5) is 10.3 Å². The van der Waals surface area contributed by atoms with Gasteiger partial charge < -0.3 is 19.0 Å². The molecule has 1 saturated heterocycles. The molecule has 0 N–H and O–H groups in total. The van der Waals surface area contributed by atoms with Crippen molar-refractivity contribution in [2.45, 2.75) is 19.9 Å². The first-order valence-electron chi connectivity index (χ1n) is 11.8. The van der Waals surface area contributed by atoms with E-state index in [2.05, 4.69) is 21.8 Å². The highest BCUT2D eigenvalue weighted by Gasteiger charge is 2.33. The summed E-state index contributed by atoms with van der Waals surface area (Å²) < 4.78 is 26.9. The third-order valence-corrected chi connectivity index (χ3v) is 7.39. The van der Waals surface area contributed by atoms with Crippen LogP contribution in [0, 0.1) is 5.82 Å². The number of allylic oxidation sites excluding steroid dienone is 1. The first-order valence-corrected chi connectivity index (χ1v) is 12.7. The molecule has 0 radical (unpaired) electrons. The molecule has 0 amide bonds. The van der Waals surface area contributed by atoms with Crippen molar-refractivity contribution in [3.63, 3.8) is 0 Å². The van der Waals surface area contributed by atoms with Crippen molar-refractivity contribution in [1.29, 1.82) is 0 Å². The quantitative estimate of drug-likeness (QED) is 0.490. The Bertz CT molecular complexity index is 1490. The van der Waals surface area contributed by atoms with Crippen molar-refractivity contribution in [2.75, 3.05) is 44.7 Å². The highest BCUT2D eigenvalue weighted by atomic mass is 32.1. The Morgan fingerprint density at radius 2 is 1.92 bits per heavy atom. The van der Waals surface area contributed by atoms with E-state index in [1.54, 1.807) is 32.1 Å². The smallest absolute Gasteiger partial charge is 0.338 e. The van der Waals surface area contributed by atoms with E-state index in [1.165, 1.54) is 28.0 Å². The van der Waals surface area contributed by atoms with E-state index in [4.69, 9.17) is 9.15 Å². The molecule has 0 saturated carbocycles. The minimum atomic E-state index is -0.777. The van der Waals surface area contributed by atoms with Gasteiger partial charge in [-0.1, -0.05) is 23.5 Å². The summed E-state index contributed by atoms with van der Waals surface area (Å²) in [7, 11) is 2.10. The third-order valence-electron chi connectivity index (χ3n) is 6.40. The monoisotopic (exact) mass is 510 g/mol. The molecule has 1 aromatic carbocycles. The lowest BCUT2D eigenvalue weighted by atomic mass is 9.96. The summed E-state index contributed by atoms with van der Waals surface area (Å²) in [5.74, 6) is 0.379. The van der Waals surface area contributed by atoms with Gasteiger partial charge in [-0.15, -0.1) is 0 Å². The van der Waals surface area contributed by atoms with Crippen molar-refractivity contribution in [3.05, 3.63) is 84.5 Å². The summed E-state index contributed by atoms with van der Waals surface area (Å²) in [5, 5.41) is 0. The average molecular weight is 511 g/mol. The van der Waals surface area contributed by atoms with Crippen LogP contribution in [0.15, 0.2) is 61.9 Å². The lowest BCUT2D eigenvalue weighted by Gasteiger charge is -2.32. The number of aromatic nitrogens is 1. The number of esters is 1. The number of anilines is 1. The maximum Gasteiger partial charge on any atom is 0.338 e. The zero-order valence-electron chi connectivity index (χ0n) is 20.4. The normalized spacial score (nSPS) is 18.8. The zero-order valence-corrected chi connectivity index (χ0v) is 21.2. The number of carbonyl (C=O) groups excluding carboxylic acids is 1. The lowest BCUT2D eigenvalue weighted by molar-refractivity contribution is -0.139. The van der Waals surface area contributed by atoms with Gasteiger partial charge in [-0.25, -0.2) is 14.2 Å². The number of furan rings is 1. The number of hydrogen-bond acceptors (Lipinski definition) is 8. The molecule has 36 heavy (non-hydrogen) atoms. The van der Waals surface area contributed by atoms with E-state index < -0.39 is 17.8 Å². The summed E-state index contributed by atoms with van der Waals surface area (Å²) >= 11 is 1.22. The molecule has 8 nitrogen and oxygen atoms in total. The fourth-order valence-corrected chi connectivity index (χ4v) is 5.52. The highest BCUT2D eigenvalue weighted by molar-refractivity contribution is 7.07. The van der Waals surface area contributed by atoms with Crippen LogP contribution >= 0.6 is 11.3 Å². The molecule has 5 rings (SSSR count). The van der Waals surface area contributed by atoms with Crippen LogP contribution in [-0.2, 0) is 9.53 Å². The van der Waals surface area contributed by atoms with Gasteiger partial charge in [-0.3, -0.25) is 9.36 Å². The van der Waals surface area contributed by atoms with Crippen molar-refractivity contribution >= 4 is 29.3 Å². The number of benzene rings is 1. The van der Waals surface area contributed by atoms with Crippen molar-refractivity contribution in [3.8, 4) is 0 Å².